The third-order valence-corrected chi connectivity index (χ3v) is 4.15. The number of aromatic nitrogens is 1. The molecule has 0 saturated carbocycles. The van der Waals surface area contributed by atoms with Crippen molar-refractivity contribution in [2.45, 2.75) is 0 Å². The lowest BCUT2D eigenvalue weighted by Crippen LogP contribution is -2.11. The van der Waals surface area contributed by atoms with Gasteiger partial charge in [-0.1, -0.05) is 51.8 Å². The Morgan fingerprint density at radius 3 is 2.14 bits per heavy atom. The summed E-state index contributed by atoms with van der Waals surface area (Å²) in [6, 6.07) is 15.1. The van der Waals surface area contributed by atoms with E-state index in [2.05, 4.69) is 15.9 Å². The highest BCUT2D eigenvalue weighted by Crippen LogP contribution is 2.24. The summed E-state index contributed by atoms with van der Waals surface area (Å²) in [6.07, 6.45) is 3.67. The molecule has 0 aliphatic rings. The number of nitrogens with zero attached hydrogens (tertiary/aromatic N) is 1. The van der Waals surface area contributed by atoms with E-state index in [-0.39, 0.29) is 5.43 Å². The molecule has 0 bridgehead atoms. The average Bonchev–Trinajstić information content (AvgIpc) is 2.49. The summed E-state index contributed by atoms with van der Waals surface area (Å²) < 4.78 is 2.84. The highest BCUT2D eigenvalue weighted by Gasteiger charge is 2.11. The molecule has 0 atom stereocenters. The molecular weight excluding hydrogens is 362 g/mol. The van der Waals surface area contributed by atoms with Crippen LogP contribution in [0, 0.1) is 0 Å². The van der Waals surface area contributed by atoms with E-state index in [4.69, 9.17) is 11.6 Å². The van der Waals surface area contributed by atoms with Crippen LogP contribution < -0.4 is 5.43 Å². The molecule has 22 heavy (non-hydrogen) atoms. The summed E-state index contributed by atoms with van der Waals surface area (Å²) in [5.41, 5.74) is 3.02. The van der Waals surface area contributed by atoms with Crippen LogP contribution in [0.25, 0.3) is 22.3 Å². The van der Waals surface area contributed by atoms with Gasteiger partial charge in [0.2, 0.25) is 0 Å². The van der Waals surface area contributed by atoms with E-state index in [1.54, 1.807) is 6.07 Å². The molecular formula is C18H13BrClNO. The van der Waals surface area contributed by atoms with Gasteiger partial charge in [0.05, 0.1) is 0 Å². The molecule has 0 N–H and O–H groups in total. The van der Waals surface area contributed by atoms with E-state index < -0.39 is 0 Å². The van der Waals surface area contributed by atoms with Crippen molar-refractivity contribution in [2.24, 2.45) is 7.05 Å². The minimum atomic E-state index is -0.00142. The van der Waals surface area contributed by atoms with Gasteiger partial charge in [-0.3, -0.25) is 4.79 Å². The lowest BCUT2D eigenvalue weighted by atomic mass is 10.0. The maximum atomic E-state index is 12.9. The van der Waals surface area contributed by atoms with Crippen LogP contribution in [0.3, 0.4) is 0 Å². The van der Waals surface area contributed by atoms with Crippen LogP contribution in [0.4, 0.5) is 0 Å². The molecule has 0 spiro atoms. The SMILES string of the molecule is Cn1cc(-c2cccc(Cl)c2)c(=O)c(-c2cccc(Br)c2)c1. The first kappa shape index (κ1) is 15.1. The van der Waals surface area contributed by atoms with Crippen LogP contribution in [-0.4, -0.2) is 4.57 Å². The third kappa shape index (κ3) is 3.01. The van der Waals surface area contributed by atoms with Crippen molar-refractivity contribution in [1.82, 2.24) is 4.57 Å². The molecule has 0 unspecified atom stereocenters. The van der Waals surface area contributed by atoms with E-state index >= 15 is 0 Å². The summed E-state index contributed by atoms with van der Waals surface area (Å²) in [5.74, 6) is 0. The maximum Gasteiger partial charge on any atom is 0.197 e. The molecule has 0 aliphatic heterocycles. The van der Waals surface area contributed by atoms with Gasteiger partial charge in [-0.05, 0) is 35.4 Å². The second-order valence-electron chi connectivity index (χ2n) is 5.10. The first-order chi connectivity index (χ1) is 10.5. The summed E-state index contributed by atoms with van der Waals surface area (Å²) in [6.45, 7) is 0. The first-order valence-corrected chi connectivity index (χ1v) is 7.94. The van der Waals surface area contributed by atoms with E-state index in [1.807, 2.05) is 66.5 Å². The molecule has 2 nitrogen and oxygen atoms in total. The first-order valence-electron chi connectivity index (χ1n) is 6.77. The summed E-state index contributed by atoms with van der Waals surface area (Å²) in [4.78, 5) is 12.9. The van der Waals surface area contributed by atoms with Crippen LogP contribution in [-0.2, 0) is 7.05 Å². The van der Waals surface area contributed by atoms with Crippen molar-refractivity contribution in [1.29, 1.82) is 0 Å². The lowest BCUT2D eigenvalue weighted by molar-refractivity contribution is 0.904. The van der Waals surface area contributed by atoms with Crippen molar-refractivity contribution in [3.05, 3.63) is 80.6 Å². The van der Waals surface area contributed by atoms with E-state index in [1.165, 1.54) is 0 Å². The van der Waals surface area contributed by atoms with E-state index in [0.29, 0.717) is 16.1 Å². The fourth-order valence-electron chi connectivity index (χ4n) is 2.43. The van der Waals surface area contributed by atoms with E-state index in [9.17, 15) is 4.79 Å². The van der Waals surface area contributed by atoms with Gasteiger partial charge < -0.3 is 4.57 Å². The second-order valence-corrected chi connectivity index (χ2v) is 6.45. The number of aryl methyl sites for hydroxylation is 1. The zero-order chi connectivity index (χ0) is 15.7. The second kappa shape index (κ2) is 6.11. The van der Waals surface area contributed by atoms with Gasteiger partial charge in [0.1, 0.15) is 0 Å². The van der Waals surface area contributed by atoms with Gasteiger partial charge in [0.15, 0.2) is 5.43 Å². The Bertz CT molecular complexity index is 832. The summed E-state index contributed by atoms with van der Waals surface area (Å²) in [7, 11) is 1.91. The Morgan fingerprint density at radius 1 is 0.955 bits per heavy atom. The maximum absolute atomic E-state index is 12.9. The highest BCUT2D eigenvalue weighted by atomic mass is 79.9. The fraction of sp³-hybridized carbons (Fsp3) is 0.0556. The van der Waals surface area contributed by atoms with Crippen LogP contribution in [0.15, 0.2) is 70.2 Å². The average molecular weight is 375 g/mol. The topological polar surface area (TPSA) is 22.0 Å². The molecule has 2 aromatic carbocycles. The third-order valence-electron chi connectivity index (χ3n) is 3.43. The van der Waals surface area contributed by atoms with Gasteiger partial charge in [0.25, 0.3) is 0 Å². The Balaban J connectivity index is 2.24. The molecule has 0 amide bonds. The van der Waals surface area contributed by atoms with Crippen molar-refractivity contribution in [2.75, 3.05) is 0 Å². The molecule has 3 aromatic rings. The summed E-state index contributed by atoms with van der Waals surface area (Å²) in [5, 5.41) is 0.618. The quantitative estimate of drug-likeness (QED) is 0.609. The Kier molecular flexibility index (Phi) is 4.19. The number of halogens is 2. The van der Waals surface area contributed by atoms with Gasteiger partial charge in [-0.15, -0.1) is 0 Å². The zero-order valence-corrected chi connectivity index (χ0v) is 14.2. The predicted molar refractivity (Wildman–Crippen MR) is 95.3 cm³/mol. The van der Waals surface area contributed by atoms with Crippen molar-refractivity contribution in [3.63, 3.8) is 0 Å². The van der Waals surface area contributed by atoms with Gasteiger partial charge >= 0.3 is 0 Å². The van der Waals surface area contributed by atoms with Crippen molar-refractivity contribution in [3.8, 4) is 22.3 Å². The Labute approximate surface area is 142 Å². The monoisotopic (exact) mass is 373 g/mol. The molecule has 0 saturated heterocycles. The minimum absolute atomic E-state index is 0.00142. The van der Waals surface area contributed by atoms with Crippen molar-refractivity contribution >= 4 is 27.5 Å². The largest absolute Gasteiger partial charge is 0.356 e. The molecule has 110 valence electrons. The van der Waals surface area contributed by atoms with Crippen LogP contribution in [0.5, 0.6) is 0 Å². The van der Waals surface area contributed by atoms with Crippen LogP contribution in [0.1, 0.15) is 0 Å². The molecule has 0 aliphatic carbocycles. The smallest absolute Gasteiger partial charge is 0.197 e. The lowest BCUT2D eigenvalue weighted by Gasteiger charge is -2.09. The summed E-state index contributed by atoms with van der Waals surface area (Å²) >= 11 is 9.50. The predicted octanol–water partition coefficient (Wildman–Crippen LogP) is 5.14. The number of hydrogen-bond acceptors (Lipinski definition) is 1. The molecule has 0 radical (unpaired) electrons. The Hall–Kier alpha value is -1.84. The molecule has 3 rings (SSSR count). The molecule has 1 heterocycles. The number of hydrogen-bond donors (Lipinski definition) is 0. The van der Waals surface area contributed by atoms with Gasteiger partial charge in [-0.2, -0.15) is 0 Å². The van der Waals surface area contributed by atoms with Crippen LogP contribution in [0.2, 0.25) is 5.02 Å². The molecule has 4 heteroatoms. The highest BCUT2D eigenvalue weighted by molar-refractivity contribution is 9.10. The standard InChI is InChI=1S/C18H13BrClNO/c1-21-10-16(12-4-2-6-14(19)8-12)18(22)17(11-21)13-5-3-7-15(20)9-13/h2-11H,1H3. The van der Waals surface area contributed by atoms with E-state index in [0.717, 1.165) is 15.6 Å². The minimum Gasteiger partial charge on any atom is -0.356 e. The number of pyridine rings is 1. The van der Waals surface area contributed by atoms with Crippen LogP contribution >= 0.6 is 27.5 Å². The zero-order valence-electron chi connectivity index (χ0n) is 11.9. The normalized spacial score (nSPS) is 10.7. The number of rotatable bonds is 2. The van der Waals surface area contributed by atoms with Crippen molar-refractivity contribution < 1.29 is 0 Å². The number of benzene rings is 2. The molecule has 1 aromatic heterocycles. The Morgan fingerprint density at radius 2 is 1.55 bits per heavy atom. The van der Waals surface area contributed by atoms with Gasteiger partial charge in [-0.25, -0.2) is 0 Å². The fourth-order valence-corrected chi connectivity index (χ4v) is 3.02. The van der Waals surface area contributed by atoms with Gasteiger partial charge in [0, 0.05) is 40.1 Å². The molecule has 0 fully saturated rings.